The van der Waals surface area contributed by atoms with E-state index in [9.17, 15) is 18.4 Å². The molecule has 47 heavy (non-hydrogen) atoms. The van der Waals surface area contributed by atoms with E-state index >= 15 is 0 Å². The number of hydrogen-bond acceptors (Lipinski definition) is 7. The third kappa shape index (κ3) is 6.59. The van der Waals surface area contributed by atoms with E-state index in [1.165, 1.54) is 4.57 Å². The number of ether oxygens (including phenoxy) is 3. The molecule has 2 fully saturated rings. The molecule has 1 aliphatic heterocycles. The molecular formula is C36H46F2N4O5. The molecule has 6 rings (SSSR count). The molecule has 0 bridgehead atoms. The highest BCUT2D eigenvalue weighted by atomic mass is 19.3. The van der Waals surface area contributed by atoms with E-state index in [0.29, 0.717) is 48.1 Å². The Morgan fingerprint density at radius 3 is 2.49 bits per heavy atom. The van der Waals surface area contributed by atoms with E-state index in [0.717, 1.165) is 27.6 Å². The molecular weight excluding hydrogens is 606 g/mol. The third-order valence-corrected chi connectivity index (χ3v) is 9.17. The first kappa shape index (κ1) is 34.3. The summed E-state index contributed by atoms with van der Waals surface area (Å²) in [6.07, 6.45) is 3.77. The number of methoxy groups -OCH3 is 1. The fraction of sp³-hybridized carbons (Fsp3) is 0.528. The number of carbonyl (C=O) groups excluding carboxylic acids is 2. The second-order valence-electron chi connectivity index (χ2n) is 13.5. The number of benzene rings is 2. The highest BCUT2D eigenvalue weighted by Gasteiger charge is 2.58. The molecule has 1 saturated heterocycles. The van der Waals surface area contributed by atoms with Gasteiger partial charge in [-0.1, -0.05) is 19.9 Å². The Bertz CT molecular complexity index is 1780. The average molecular weight is 653 g/mol. The van der Waals surface area contributed by atoms with Gasteiger partial charge < -0.3 is 14.2 Å². The molecule has 0 amide bonds. The third-order valence-electron chi connectivity index (χ3n) is 9.17. The molecule has 2 aromatic heterocycles. The van der Waals surface area contributed by atoms with Crippen LogP contribution in [0.5, 0.6) is 5.75 Å². The van der Waals surface area contributed by atoms with Gasteiger partial charge in [-0.15, -0.1) is 0 Å². The van der Waals surface area contributed by atoms with Gasteiger partial charge in [0.15, 0.2) is 0 Å². The number of aryl methyl sites for hydroxylation is 1. The monoisotopic (exact) mass is 652 g/mol. The number of carbonyl (C=O) groups is 2. The summed E-state index contributed by atoms with van der Waals surface area (Å²) in [5, 5.41) is 8.81. The molecule has 1 atom stereocenters. The van der Waals surface area contributed by atoms with Crippen LogP contribution >= 0.6 is 0 Å². The fourth-order valence-corrected chi connectivity index (χ4v) is 7.34. The summed E-state index contributed by atoms with van der Waals surface area (Å²) in [4.78, 5) is 28.2. The summed E-state index contributed by atoms with van der Waals surface area (Å²) in [5.41, 5.74) is 3.34. The van der Waals surface area contributed by atoms with E-state index in [4.69, 9.17) is 14.2 Å². The number of likely N-dealkylation sites (tertiary alicyclic amines) is 1. The summed E-state index contributed by atoms with van der Waals surface area (Å²) >= 11 is 0. The number of nitrogens with zero attached hydrogens (tertiary/aromatic N) is 3. The molecule has 0 radical (unpaired) electrons. The van der Waals surface area contributed by atoms with E-state index in [-0.39, 0.29) is 25.5 Å². The number of aromatic amines is 1. The summed E-state index contributed by atoms with van der Waals surface area (Å²) < 4.78 is 47.0. The number of hydrogen-bond donors (Lipinski definition) is 1. The van der Waals surface area contributed by atoms with E-state index in [1.54, 1.807) is 32.5 Å². The molecule has 1 aliphatic carbocycles. The number of H-pyrrole nitrogens is 1. The zero-order valence-electron chi connectivity index (χ0n) is 28.6. The zero-order valence-corrected chi connectivity index (χ0v) is 28.6. The van der Waals surface area contributed by atoms with Gasteiger partial charge in [0.05, 0.1) is 36.5 Å². The molecule has 1 unspecified atom stereocenters. The van der Waals surface area contributed by atoms with Crippen molar-refractivity contribution in [3.05, 3.63) is 58.9 Å². The van der Waals surface area contributed by atoms with E-state index in [2.05, 4.69) is 15.1 Å². The van der Waals surface area contributed by atoms with Crippen LogP contribution in [0.2, 0.25) is 0 Å². The lowest BCUT2D eigenvalue weighted by molar-refractivity contribution is -0.186. The second-order valence-corrected chi connectivity index (χ2v) is 13.5. The Morgan fingerprint density at radius 1 is 1.13 bits per heavy atom. The molecule has 1 N–H and O–H groups in total. The maximum atomic E-state index is 14.3. The Labute approximate surface area is 274 Å². The Kier molecular flexibility index (Phi) is 9.43. The van der Waals surface area contributed by atoms with Crippen LogP contribution in [0.15, 0.2) is 36.7 Å². The Hall–Kier alpha value is -3.99. The van der Waals surface area contributed by atoms with Gasteiger partial charge in [-0.2, -0.15) is 5.10 Å². The van der Waals surface area contributed by atoms with Crippen molar-refractivity contribution in [3.63, 3.8) is 0 Å². The number of rotatable bonds is 6. The minimum atomic E-state index is -2.65. The molecule has 2 aromatic carbocycles. The molecule has 4 aromatic rings. The zero-order chi connectivity index (χ0) is 34.3. The minimum Gasteiger partial charge on any atom is -0.496 e. The molecule has 11 heteroatoms. The lowest BCUT2D eigenvalue weighted by Gasteiger charge is -2.54. The first-order chi connectivity index (χ1) is 22.2. The van der Waals surface area contributed by atoms with Crippen molar-refractivity contribution in [1.29, 1.82) is 0 Å². The van der Waals surface area contributed by atoms with Gasteiger partial charge in [-0.3, -0.25) is 14.6 Å². The van der Waals surface area contributed by atoms with Crippen molar-refractivity contribution >= 4 is 33.9 Å². The average Bonchev–Trinajstić information content (AvgIpc) is 3.67. The van der Waals surface area contributed by atoms with Crippen molar-refractivity contribution in [2.45, 2.75) is 98.3 Å². The van der Waals surface area contributed by atoms with Gasteiger partial charge in [-0.05, 0) is 88.7 Å². The van der Waals surface area contributed by atoms with Crippen molar-refractivity contribution in [3.8, 4) is 5.75 Å². The van der Waals surface area contributed by atoms with Gasteiger partial charge in [0, 0.05) is 48.0 Å². The molecule has 3 heterocycles. The van der Waals surface area contributed by atoms with Crippen molar-refractivity contribution in [2.24, 2.45) is 5.41 Å². The van der Waals surface area contributed by atoms with Crippen molar-refractivity contribution < 1.29 is 32.6 Å². The largest absolute Gasteiger partial charge is 0.496 e. The first-order valence-electron chi connectivity index (χ1n) is 16.4. The van der Waals surface area contributed by atoms with Gasteiger partial charge in [0.2, 0.25) is 5.92 Å². The predicted molar refractivity (Wildman–Crippen MR) is 177 cm³/mol. The fourth-order valence-electron chi connectivity index (χ4n) is 7.34. The Morgan fingerprint density at radius 2 is 1.85 bits per heavy atom. The summed E-state index contributed by atoms with van der Waals surface area (Å²) in [6, 6.07) is 7.21. The van der Waals surface area contributed by atoms with Crippen LogP contribution in [0.1, 0.15) is 100 Å². The van der Waals surface area contributed by atoms with Gasteiger partial charge >= 0.3 is 12.1 Å². The van der Waals surface area contributed by atoms with Crippen LogP contribution in [0.25, 0.3) is 21.8 Å². The lowest BCUT2D eigenvalue weighted by atomic mass is 9.59. The molecule has 9 nitrogen and oxygen atoms in total. The standard InChI is InChI=1S/C34H40F2N4O5.C2H6/c1-7-44-30(41)22-8-9-23(28-24(22)16-37-38-28)26-15-33(18-34(35,36)19-33)11-13-39(26)17-25-21-10-12-40(31(42)45-32(3,4)5)29(21)20(2)14-27(25)43-6;1-2/h8-10,12,14,16,26H,7,11,13,15,17-19H2,1-6H3,(H,37,38);1-2H3. The quantitative estimate of drug-likeness (QED) is 0.208. The highest BCUT2D eigenvalue weighted by Crippen LogP contribution is 2.61. The predicted octanol–water partition coefficient (Wildman–Crippen LogP) is 8.57. The van der Waals surface area contributed by atoms with Crippen LogP contribution in [0, 0.1) is 12.3 Å². The number of halogens is 2. The lowest BCUT2D eigenvalue weighted by Crippen LogP contribution is -2.53. The van der Waals surface area contributed by atoms with E-state index in [1.807, 2.05) is 59.7 Å². The van der Waals surface area contributed by atoms with Crippen LogP contribution in [-0.4, -0.2) is 63.5 Å². The number of fused-ring (bicyclic) bond motifs is 2. The van der Waals surface area contributed by atoms with Crippen LogP contribution in [0.3, 0.4) is 0 Å². The van der Waals surface area contributed by atoms with Gasteiger partial charge in [0.1, 0.15) is 11.4 Å². The number of aromatic nitrogens is 3. The van der Waals surface area contributed by atoms with Crippen molar-refractivity contribution in [2.75, 3.05) is 20.3 Å². The summed E-state index contributed by atoms with van der Waals surface area (Å²) in [5.74, 6) is -2.41. The maximum absolute atomic E-state index is 14.3. The first-order valence-corrected chi connectivity index (χ1v) is 16.4. The maximum Gasteiger partial charge on any atom is 0.419 e. The number of nitrogens with one attached hydrogen (secondary N) is 1. The van der Waals surface area contributed by atoms with Crippen molar-refractivity contribution in [1.82, 2.24) is 19.7 Å². The Balaban J connectivity index is 0.00000213. The number of esters is 1. The summed E-state index contributed by atoms with van der Waals surface area (Å²) in [6.45, 7) is 14.4. The molecule has 254 valence electrons. The second kappa shape index (κ2) is 12.9. The minimum absolute atomic E-state index is 0.131. The SMILES string of the molecule is CC.CCOC(=O)c1ccc(C2CC3(CCN2Cc2c(OC)cc(C)c4c2ccn4C(=O)OC(C)(C)C)CC(F)(F)C3)c2[nH]ncc12. The van der Waals surface area contributed by atoms with Crippen LogP contribution in [-0.2, 0) is 16.0 Å². The molecule has 2 aliphatic rings. The topological polar surface area (TPSA) is 98.7 Å². The van der Waals surface area contributed by atoms with Crippen LogP contribution in [0.4, 0.5) is 13.6 Å². The number of piperidine rings is 1. The highest BCUT2D eigenvalue weighted by molar-refractivity contribution is 6.04. The van der Waals surface area contributed by atoms with E-state index < -0.39 is 29.0 Å². The summed E-state index contributed by atoms with van der Waals surface area (Å²) in [7, 11) is 1.62. The van der Waals surface area contributed by atoms with Gasteiger partial charge in [-0.25, -0.2) is 18.4 Å². The molecule has 1 spiro atoms. The molecule has 1 saturated carbocycles. The normalized spacial score (nSPS) is 18.8. The number of alkyl halides is 2. The smallest absolute Gasteiger partial charge is 0.419 e. The van der Waals surface area contributed by atoms with Gasteiger partial charge in [0.25, 0.3) is 0 Å². The van der Waals surface area contributed by atoms with Crippen LogP contribution < -0.4 is 4.74 Å².